The zero-order valence-corrected chi connectivity index (χ0v) is 14.0. The average molecular weight is 326 g/mol. The van der Waals surface area contributed by atoms with Crippen molar-refractivity contribution in [2.24, 2.45) is 0 Å². The van der Waals surface area contributed by atoms with Crippen LogP contribution in [0, 0.1) is 0 Å². The first kappa shape index (κ1) is 16.4. The molecule has 1 heterocycles. The Morgan fingerprint density at radius 3 is 2.71 bits per heavy atom. The molecule has 1 fully saturated rings. The number of rotatable bonds is 6. The minimum Gasteiger partial charge on any atom is -0.378 e. The van der Waals surface area contributed by atoms with E-state index in [1.54, 1.807) is 18.1 Å². The summed E-state index contributed by atoms with van der Waals surface area (Å²) >= 11 is 0. The summed E-state index contributed by atoms with van der Waals surface area (Å²) in [4.78, 5) is 22.3. The lowest BCUT2D eigenvalue weighted by molar-refractivity contribution is 0.181. The van der Waals surface area contributed by atoms with Crippen molar-refractivity contribution >= 4 is 11.8 Å². The molecule has 6 nitrogen and oxygen atoms in total. The van der Waals surface area contributed by atoms with Crippen molar-refractivity contribution in [3.63, 3.8) is 0 Å². The third-order valence-electron chi connectivity index (χ3n) is 4.38. The average Bonchev–Trinajstić information content (AvgIpc) is 3.37. The summed E-state index contributed by atoms with van der Waals surface area (Å²) < 4.78 is 5.05. The van der Waals surface area contributed by atoms with Crippen molar-refractivity contribution in [3.8, 4) is 0 Å². The van der Waals surface area contributed by atoms with Crippen molar-refractivity contribution in [1.29, 1.82) is 0 Å². The lowest BCUT2D eigenvalue weighted by Crippen LogP contribution is -2.37. The Hall–Kier alpha value is -2.47. The Morgan fingerprint density at radius 2 is 2.04 bits per heavy atom. The topological polar surface area (TPSA) is 67.3 Å². The number of methoxy groups -OCH3 is 1. The van der Waals surface area contributed by atoms with E-state index in [4.69, 9.17) is 4.74 Å². The van der Waals surface area contributed by atoms with E-state index < -0.39 is 0 Å². The first-order chi connectivity index (χ1) is 11.6. The molecule has 1 aliphatic carbocycles. The summed E-state index contributed by atoms with van der Waals surface area (Å²) in [6, 6.07) is 11.9. The number of nitrogens with one attached hydrogen (secondary N) is 1. The monoisotopic (exact) mass is 326 g/mol. The molecule has 1 N–H and O–H groups in total. The molecule has 2 amide bonds. The van der Waals surface area contributed by atoms with Gasteiger partial charge in [0.2, 0.25) is 0 Å². The summed E-state index contributed by atoms with van der Waals surface area (Å²) in [6.07, 6.45) is 3.65. The minimum absolute atomic E-state index is 0.0975. The molecular formula is C18H22N4O2. The molecule has 0 unspecified atom stereocenters. The molecule has 1 saturated carbocycles. The van der Waals surface area contributed by atoms with Crippen molar-refractivity contribution in [2.45, 2.75) is 24.9 Å². The maximum atomic E-state index is 12.4. The van der Waals surface area contributed by atoms with Gasteiger partial charge in [0.05, 0.1) is 12.3 Å². The molecule has 2 aromatic rings. The van der Waals surface area contributed by atoms with Crippen LogP contribution >= 0.6 is 0 Å². The third-order valence-corrected chi connectivity index (χ3v) is 4.38. The fraction of sp³-hybridized carbons (Fsp3) is 0.389. The smallest absolute Gasteiger partial charge is 0.322 e. The van der Waals surface area contributed by atoms with E-state index in [2.05, 4.69) is 27.4 Å². The first-order valence-corrected chi connectivity index (χ1v) is 8.00. The van der Waals surface area contributed by atoms with Crippen molar-refractivity contribution in [2.75, 3.05) is 26.0 Å². The number of aromatic nitrogens is 2. The number of hydrogen-bond acceptors (Lipinski definition) is 4. The molecule has 0 saturated heterocycles. The lowest BCUT2D eigenvalue weighted by Gasteiger charge is -2.24. The van der Waals surface area contributed by atoms with Gasteiger partial charge in [0.15, 0.2) is 0 Å². The second kappa shape index (κ2) is 6.97. The number of carbonyl (C=O) groups excluding carboxylic acids is 1. The van der Waals surface area contributed by atoms with E-state index in [1.807, 2.05) is 25.2 Å². The zero-order valence-electron chi connectivity index (χ0n) is 14.0. The number of hydrogen-bond donors (Lipinski definition) is 1. The van der Waals surface area contributed by atoms with Crippen molar-refractivity contribution in [1.82, 2.24) is 14.9 Å². The molecule has 0 bridgehead atoms. The van der Waals surface area contributed by atoms with Gasteiger partial charge in [-0.1, -0.05) is 30.3 Å². The maximum absolute atomic E-state index is 12.4. The van der Waals surface area contributed by atoms with Crippen molar-refractivity contribution in [3.05, 3.63) is 54.0 Å². The Morgan fingerprint density at radius 1 is 1.29 bits per heavy atom. The molecule has 24 heavy (non-hydrogen) atoms. The molecule has 0 aliphatic heterocycles. The molecule has 0 spiro atoms. The molecule has 0 radical (unpaired) electrons. The molecule has 6 heteroatoms. The SMILES string of the molecule is COCc1cc(NC(=O)N(C)CC2(c3ccccc3)CC2)ncn1. The second-order valence-corrected chi connectivity index (χ2v) is 6.26. The van der Waals surface area contributed by atoms with Crippen LogP contribution < -0.4 is 5.32 Å². The highest BCUT2D eigenvalue weighted by Gasteiger charge is 2.45. The van der Waals surface area contributed by atoms with Crippen LogP contribution in [0.4, 0.5) is 10.6 Å². The van der Waals surface area contributed by atoms with Gasteiger partial charge in [-0.15, -0.1) is 0 Å². The molecule has 0 atom stereocenters. The molecule has 1 aliphatic rings. The molecular weight excluding hydrogens is 304 g/mol. The number of anilines is 1. The predicted octanol–water partition coefficient (Wildman–Crippen LogP) is 2.82. The summed E-state index contributed by atoms with van der Waals surface area (Å²) in [5, 5.41) is 2.82. The van der Waals surface area contributed by atoms with Crippen LogP contribution in [0.15, 0.2) is 42.7 Å². The molecule has 1 aromatic heterocycles. The Bertz CT molecular complexity index is 701. The van der Waals surface area contributed by atoms with E-state index in [0.29, 0.717) is 19.0 Å². The van der Waals surface area contributed by atoms with Gasteiger partial charge < -0.3 is 9.64 Å². The fourth-order valence-corrected chi connectivity index (χ4v) is 2.90. The highest BCUT2D eigenvalue weighted by molar-refractivity contribution is 5.88. The number of amides is 2. The van der Waals surface area contributed by atoms with Gasteiger partial charge in [0.25, 0.3) is 0 Å². The third kappa shape index (κ3) is 3.71. The number of nitrogens with zero attached hydrogens (tertiary/aromatic N) is 3. The van der Waals surface area contributed by atoms with Crippen LogP contribution in [0.25, 0.3) is 0 Å². The quantitative estimate of drug-likeness (QED) is 0.886. The Balaban J connectivity index is 1.62. The van der Waals surface area contributed by atoms with Gasteiger partial charge >= 0.3 is 6.03 Å². The van der Waals surface area contributed by atoms with E-state index in [1.165, 1.54) is 11.9 Å². The standard InChI is InChI=1S/C18H22N4O2/c1-22(12-18(8-9-18)14-6-4-3-5-7-14)17(23)21-16-10-15(11-24-2)19-13-20-16/h3-7,10,13H,8-9,11-12H2,1-2H3,(H,19,20,21,23). The maximum Gasteiger partial charge on any atom is 0.322 e. The highest BCUT2D eigenvalue weighted by atomic mass is 16.5. The molecule has 3 rings (SSSR count). The van der Waals surface area contributed by atoms with E-state index >= 15 is 0 Å². The van der Waals surface area contributed by atoms with Gasteiger partial charge in [-0.05, 0) is 18.4 Å². The van der Waals surface area contributed by atoms with E-state index in [9.17, 15) is 4.79 Å². The highest BCUT2D eigenvalue weighted by Crippen LogP contribution is 2.48. The van der Waals surface area contributed by atoms with Crippen LogP contribution in [0.2, 0.25) is 0 Å². The van der Waals surface area contributed by atoms with Crippen LogP contribution in [0.1, 0.15) is 24.1 Å². The predicted molar refractivity (Wildman–Crippen MR) is 91.7 cm³/mol. The van der Waals surface area contributed by atoms with Gasteiger partial charge in [-0.3, -0.25) is 5.32 Å². The van der Waals surface area contributed by atoms with Gasteiger partial charge in [-0.25, -0.2) is 14.8 Å². The second-order valence-electron chi connectivity index (χ2n) is 6.26. The van der Waals surface area contributed by atoms with Crippen LogP contribution in [0.5, 0.6) is 0 Å². The summed E-state index contributed by atoms with van der Waals surface area (Å²) in [6.45, 7) is 1.08. The first-order valence-electron chi connectivity index (χ1n) is 8.00. The van der Waals surface area contributed by atoms with Crippen molar-refractivity contribution < 1.29 is 9.53 Å². The number of likely N-dealkylation sites (N-methyl/N-ethyl adjacent to an activating group) is 1. The summed E-state index contributed by atoms with van der Waals surface area (Å²) in [7, 11) is 3.42. The largest absolute Gasteiger partial charge is 0.378 e. The van der Waals surface area contributed by atoms with Crippen LogP contribution in [-0.4, -0.2) is 41.6 Å². The Labute approximate surface area is 141 Å². The Kier molecular flexibility index (Phi) is 4.76. The minimum atomic E-state index is -0.167. The molecule has 1 aromatic carbocycles. The van der Waals surface area contributed by atoms with Crippen LogP contribution in [-0.2, 0) is 16.8 Å². The fourth-order valence-electron chi connectivity index (χ4n) is 2.90. The number of urea groups is 1. The van der Waals surface area contributed by atoms with E-state index in [-0.39, 0.29) is 11.4 Å². The summed E-state index contributed by atoms with van der Waals surface area (Å²) in [5.74, 6) is 0.485. The molecule has 126 valence electrons. The number of ether oxygens (including phenoxy) is 1. The zero-order chi connectivity index (χ0) is 17.0. The number of carbonyl (C=O) groups is 1. The summed E-state index contributed by atoms with van der Waals surface area (Å²) in [5.41, 5.74) is 2.13. The van der Waals surface area contributed by atoms with Crippen LogP contribution in [0.3, 0.4) is 0 Å². The van der Waals surface area contributed by atoms with Gasteiger partial charge in [-0.2, -0.15) is 0 Å². The number of benzene rings is 1. The van der Waals surface area contributed by atoms with E-state index in [0.717, 1.165) is 18.5 Å². The van der Waals surface area contributed by atoms with Gasteiger partial charge in [0, 0.05) is 32.2 Å². The van der Waals surface area contributed by atoms with Gasteiger partial charge in [0.1, 0.15) is 12.1 Å². The lowest BCUT2D eigenvalue weighted by atomic mass is 9.95. The normalized spacial score (nSPS) is 14.9.